The molecule has 0 aliphatic carbocycles. The SMILES string of the molecule is Oc1ccccc1C=NNC(=S)NN=Cc1ccccn1. The van der Waals surface area contributed by atoms with Gasteiger partial charge in [-0.3, -0.25) is 15.8 Å². The lowest BCUT2D eigenvalue weighted by molar-refractivity contribution is 0.474. The van der Waals surface area contributed by atoms with Gasteiger partial charge in [0.2, 0.25) is 5.11 Å². The Bertz CT molecular complexity index is 657. The molecule has 106 valence electrons. The summed E-state index contributed by atoms with van der Waals surface area (Å²) in [7, 11) is 0. The third-order valence-electron chi connectivity index (χ3n) is 2.36. The Morgan fingerprint density at radius 3 is 2.48 bits per heavy atom. The maximum absolute atomic E-state index is 9.55. The molecule has 0 amide bonds. The van der Waals surface area contributed by atoms with Gasteiger partial charge in [-0.05, 0) is 36.5 Å². The fraction of sp³-hybridized carbons (Fsp3) is 0. The molecule has 21 heavy (non-hydrogen) atoms. The molecule has 0 bridgehead atoms. The van der Waals surface area contributed by atoms with Gasteiger partial charge in [0.1, 0.15) is 5.75 Å². The Labute approximate surface area is 127 Å². The largest absolute Gasteiger partial charge is 0.507 e. The van der Waals surface area contributed by atoms with Crippen molar-refractivity contribution in [3.05, 3.63) is 59.9 Å². The second-order valence-corrected chi connectivity index (χ2v) is 4.29. The molecule has 0 unspecified atom stereocenters. The summed E-state index contributed by atoms with van der Waals surface area (Å²) in [6, 6.07) is 12.4. The van der Waals surface area contributed by atoms with Crippen molar-refractivity contribution in [2.75, 3.05) is 0 Å². The van der Waals surface area contributed by atoms with E-state index in [2.05, 4.69) is 26.0 Å². The van der Waals surface area contributed by atoms with Crippen molar-refractivity contribution in [2.45, 2.75) is 0 Å². The van der Waals surface area contributed by atoms with Crippen molar-refractivity contribution >= 4 is 29.8 Å². The summed E-state index contributed by atoms with van der Waals surface area (Å²) in [4.78, 5) is 4.08. The normalized spacial score (nSPS) is 10.9. The average molecular weight is 299 g/mol. The number of hydrogen-bond acceptors (Lipinski definition) is 5. The zero-order chi connectivity index (χ0) is 14.9. The van der Waals surface area contributed by atoms with E-state index in [9.17, 15) is 5.11 Å². The molecule has 0 fully saturated rings. The number of hydrazone groups is 2. The number of phenolic OH excluding ortho intramolecular Hbond substituents is 1. The monoisotopic (exact) mass is 299 g/mol. The van der Waals surface area contributed by atoms with Crippen molar-refractivity contribution in [1.29, 1.82) is 0 Å². The van der Waals surface area contributed by atoms with Gasteiger partial charge < -0.3 is 5.11 Å². The van der Waals surface area contributed by atoms with E-state index < -0.39 is 0 Å². The van der Waals surface area contributed by atoms with E-state index in [0.717, 1.165) is 0 Å². The molecule has 0 radical (unpaired) electrons. The Kier molecular flexibility index (Phi) is 5.36. The highest BCUT2D eigenvalue weighted by Crippen LogP contribution is 2.12. The number of aromatic nitrogens is 1. The molecule has 0 spiro atoms. The first-order valence-electron chi connectivity index (χ1n) is 6.07. The van der Waals surface area contributed by atoms with Crippen LogP contribution in [0.3, 0.4) is 0 Å². The van der Waals surface area contributed by atoms with Gasteiger partial charge in [-0.1, -0.05) is 18.2 Å². The summed E-state index contributed by atoms with van der Waals surface area (Å²) in [6.45, 7) is 0. The number of thiocarbonyl (C=S) groups is 1. The zero-order valence-corrected chi connectivity index (χ0v) is 11.8. The van der Waals surface area contributed by atoms with Crippen LogP contribution in [0, 0.1) is 0 Å². The van der Waals surface area contributed by atoms with E-state index in [-0.39, 0.29) is 10.9 Å². The topological polar surface area (TPSA) is 81.9 Å². The molecule has 1 aromatic heterocycles. The van der Waals surface area contributed by atoms with Crippen LogP contribution in [-0.2, 0) is 0 Å². The molecule has 0 saturated carbocycles. The van der Waals surface area contributed by atoms with Gasteiger partial charge in [0.05, 0.1) is 18.1 Å². The zero-order valence-electron chi connectivity index (χ0n) is 11.0. The minimum Gasteiger partial charge on any atom is -0.507 e. The van der Waals surface area contributed by atoms with Crippen molar-refractivity contribution in [1.82, 2.24) is 15.8 Å². The Hall–Kier alpha value is -2.80. The number of pyridine rings is 1. The number of aromatic hydroxyl groups is 1. The smallest absolute Gasteiger partial charge is 0.207 e. The quantitative estimate of drug-likeness (QED) is 0.454. The highest BCUT2D eigenvalue weighted by atomic mass is 32.1. The summed E-state index contributed by atoms with van der Waals surface area (Å²) in [5, 5.41) is 17.6. The van der Waals surface area contributed by atoms with Gasteiger partial charge in [0.15, 0.2) is 0 Å². The Morgan fingerprint density at radius 2 is 1.76 bits per heavy atom. The summed E-state index contributed by atoms with van der Waals surface area (Å²) in [6.07, 6.45) is 4.68. The molecular weight excluding hydrogens is 286 g/mol. The van der Waals surface area contributed by atoms with Crippen molar-refractivity contribution in [3.8, 4) is 5.75 Å². The van der Waals surface area contributed by atoms with Gasteiger partial charge in [-0.2, -0.15) is 10.2 Å². The van der Waals surface area contributed by atoms with E-state index >= 15 is 0 Å². The van der Waals surface area contributed by atoms with E-state index in [1.165, 1.54) is 6.21 Å². The van der Waals surface area contributed by atoms with Gasteiger partial charge in [-0.15, -0.1) is 0 Å². The Balaban J connectivity index is 1.80. The number of nitrogens with one attached hydrogen (secondary N) is 2. The minimum absolute atomic E-state index is 0.148. The van der Waals surface area contributed by atoms with E-state index in [4.69, 9.17) is 12.2 Å². The van der Waals surface area contributed by atoms with Crippen molar-refractivity contribution in [2.24, 2.45) is 10.2 Å². The van der Waals surface area contributed by atoms with Crippen LogP contribution in [0.15, 0.2) is 58.9 Å². The fourth-order valence-electron chi connectivity index (χ4n) is 1.39. The van der Waals surface area contributed by atoms with E-state index in [0.29, 0.717) is 11.3 Å². The molecular formula is C14H13N5OS. The summed E-state index contributed by atoms with van der Waals surface area (Å²) in [5.74, 6) is 0.148. The number of para-hydroxylation sites is 1. The lowest BCUT2D eigenvalue weighted by Crippen LogP contribution is -2.28. The van der Waals surface area contributed by atoms with Crippen LogP contribution in [0.5, 0.6) is 5.75 Å². The number of hydrogen-bond donors (Lipinski definition) is 3. The van der Waals surface area contributed by atoms with Crippen LogP contribution in [0.4, 0.5) is 0 Å². The van der Waals surface area contributed by atoms with E-state index in [1.54, 1.807) is 36.7 Å². The van der Waals surface area contributed by atoms with Crippen LogP contribution in [0.25, 0.3) is 0 Å². The molecule has 6 nitrogen and oxygen atoms in total. The molecule has 0 aliphatic heterocycles. The number of rotatable bonds is 4. The maximum Gasteiger partial charge on any atom is 0.207 e. The second kappa shape index (κ2) is 7.71. The molecule has 1 heterocycles. The fourth-order valence-corrected chi connectivity index (χ4v) is 1.50. The first kappa shape index (κ1) is 14.6. The number of nitrogens with zero attached hydrogens (tertiary/aromatic N) is 3. The molecule has 0 atom stereocenters. The third kappa shape index (κ3) is 5.00. The lowest BCUT2D eigenvalue weighted by atomic mass is 10.2. The summed E-state index contributed by atoms with van der Waals surface area (Å²) >= 11 is 4.99. The van der Waals surface area contributed by atoms with Gasteiger partial charge in [-0.25, -0.2) is 0 Å². The minimum atomic E-state index is 0.148. The second-order valence-electron chi connectivity index (χ2n) is 3.88. The van der Waals surface area contributed by atoms with Crippen molar-refractivity contribution in [3.63, 3.8) is 0 Å². The molecule has 3 N–H and O–H groups in total. The van der Waals surface area contributed by atoms with Crippen LogP contribution < -0.4 is 10.9 Å². The van der Waals surface area contributed by atoms with E-state index in [1.807, 2.05) is 18.2 Å². The molecule has 1 aromatic carbocycles. The average Bonchev–Trinajstić information content (AvgIpc) is 2.50. The number of benzene rings is 1. The highest BCUT2D eigenvalue weighted by Gasteiger charge is 1.95. The third-order valence-corrected chi connectivity index (χ3v) is 2.54. The first-order valence-corrected chi connectivity index (χ1v) is 6.47. The molecule has 7 heteroatoms. The first-order chi connectivity index (χ1) is 10.3. The van der Waals surface area contributed by atoms with Crippen LogP contribution >= 0.6 is 12.2 Å². The summed E-state index contributed by atoms with van der Waals surface area (Å²) in [5.41, 5.74) is 6.50. The molecule has 2 aromatic rings. The number of phenols is 1. The predicted molar refractivity (Wildman–Crippen MR) is 86.4 cm³/mol. The molecule has 0 aliphatic rings. The summed E-state index contributed by atoms with van der Waals surface area (Å²) < 4.78 is 0. The van der Waals surface area contributed by atoms with Gasteiger partial charge >= 0.3 is 0 Å². The van der Waals surface area contributed by atoms with Gasteiger partial charge in [0, 0.05) is 11.8 Å². The molecule has 0 saturated heterocycles. The lowest BCUT2D eigenvalue weighted by Gasteiger charge is -2.01. The van der Waals surface area contributed by atoms with Gasteiger partial charge in [0.25, 0.3) is 0 Å². The van der Waals surface area contributed by atoms with Crippen LogP contribution in [0.2, 0.25) is 0 Å². The Morgan fingerprint density at radius 1 is 1.05 bits per heavy atom. The van der Waals surface area contributed by atoms with Crippen molar-refractivity contribution < 1.29 is 5.11 Å². The molecule has 2 rings (SSSR count). The standard InChI is InChI=1S/C14H13N5OS/c20-13-7-2-1-5-11(13)9-16-18-14(21)19-17-10-12-6-3-4-8-15-12/h1-10,20H,(H2,18,19,21). The maximum atomic E-state index is 9.55. The van der Waals surface area contributed by atoms with Crippen LogP contribution in [-0.4, -0.2) is 27.6 Å². The highest BCUT2D eigenvalue weighted by molar-refractivity contribution is 7.80. The van der Waals surface area contributed by atoms with Crippen LogP contribution in [0.1, 0.15) is 11.3 Å². The predicted octanol–water partition coefficient (Wildman–Crippen LogP) is 1.62.